The summed E-state index contributed by atoms with van der Waals surface area (Å²) in [6.07, 6.45) is 4.61. The minimum atomic E-state index is -0.428. The molecule has 1 saturated heterocycles. The Morgan fingerprint density at radius 3 is 2.49 bits per heavy atom. The molecule has 37 heavy (non-hydrogen) atoms. The van der Waals surface area contributed by atoms with E-state index in [9.17, 15) is 4.79 Å². The number of aryl methyl sites for hydroxylation is 1. The van der Waals surface area contributed by atoms with Crippen molar-refractivity contribution in [1.82, 2.24) is 24.8 Å². The number of carbonyl (C=O) groups excluding carboxylic acids is 1. The summed E-state index contributed by atoms with van der Waals surface area (Å²) in [7, 11) is 0. The van der Waals surface area contributed by atoms with Crippen LogP contribution in [0.25, 0.3) is 0 Å². The van der Waals surface area contributed by atoms with Crippen LogP contribution in [-0.4, -0.2) is 56.4 Å². The van der Waals surface area contributed by atoms with Crippen LogP contribution in [-0.2, 0) is 11.2 Å². The minimum absolute atomic E-state index is 0.0639. The Hall–Kier alpha value is -1.93. The van der Waals surface area contributed by atoms with Gasteiger partial charge in [-0.2, -0.15) is 0 Å². The zero-order chi connectivity index (χ0) is 26.7. The van der Waals surface area contributed by atoms with E-state index < -0.39 is 6.04 Å². The molecule has 1 fully saturated rings. The number of halogens is 3. The number of amides is 1. The number of nitrogens with zero attached hydrogens (tertiary/aromatic N) is 5. The predicted octanol–water partition coefficient (Wildman–Crippen LogP) is 6.88. The van der Waals surface area contributed by atoms with Crippen LogP contribution in [0.3, 0.4) is 0 Å². The van der Waals surface area contributed by atoms with E-state index in [2.05, 4.69) is 77.0 Å². The molecule has 1 aromatic heterocycles. The number of likely N-dealkylation sites (tertiary alicyclic amines) is 1. The van der Waals surface area contributed by atoms with E-state index in [4.69, 9.17) is 23.2 Å². The number of aromatic nitrogens is 3. The fraction of sp³-hybridized carbons (Fsp3) is 0.464. The van der Waals surface area contributed by atoms with Gasteiger partial charge in [-0.25, -0.2) is 4.68 Å². The highest BCUT2D eigenvalue weighted by Gasteiger charge is 2.36. The fourth-order valence-electron chi connectivity index (χ4n) is 5.24. The van der Waals surface area contributed by atoms with Gasteiger partial charge in [0.2, 0.25) is 5.91 Å². The lowest BCUT2D eigenvalue weighted by atomic mass is 10.0. The molecule has 4 rings (SSSR count). The molecule has 0 spiro atoms. The molecule has 0 saturated carbocycles. The molecule has 2 unspecified atom stereocenters. The smallest absolute Gasteiger partial charge is 0.244 e. The van der Waals surface area contributed by atoms with Crippen LogP contribution in [0.2, 0.25) is 10.0 Å². The van der Waals surface area contributed by atoms with Crippen molar-refractivity contribution in [3.8, 4) is 0 Å². The average Bonchev–Trinajstić information content (AvgIpc) is 3.52. The Morgan fingerprint density at radius 1 is 1.14 bits per heavy atom. The Balaban J connectivity index is 1.54. The van der Waals surface area contributed by atoms with Crippen LogP contribution in [0, 0.1) is 6.92 Å². The number of carbonyl (C=O) groups is 1. The van der Waals surface area contributed by atoms with Gasteiger partial charge in [-0.1, -0.05) is 70.3 Å². The Kier molecular flexibility index (Phi) is 9.33. The number of hydrogen-bond acceptors (Lipinski definition) is 4. The normalized spacial score (nSPS) is 17.4. The molecule has 2 heterocycles. The van der Waals surface area contributed by atoms with E-state index in [-0.39, 0.29) is 18.0 Å². The van der Waals surface area contributed by atoms with Crippen LogP contribution >= 0.6 is 39.1 Å². The van der Waals surface area contributed by atoms with Crippen molar-refractivity contribution in [3.05, 3.63) is 79.5 Å². The topological polar surface area (TPSA) is 54.3 Å². The maximum absolute atomic E-state index is 14.0. The summed E-state index contributed by atoms with van der Waals surface area (Å²) in [6, 6.07) is 11.5. The maximum Gasteiger partial charge on any atom is 0.244 e. The second-order valence-electron chi connectivity index (χ2n) is 9.73. The van der Waals surface area contributed by atoms with E-state index >= 15 is 0 Å². The third kappa shape index (κ3) is 6.39. The highest BCUT2D eigenvalue weighted by atomic mass is 79.9. The number of benzene rings is 2. The molecule has 3 atom stereocenters. The average molecular weight is 607 g/mol. The molecule has 0 N–H and O–H groups in total. The molecule has 1 aliphatic rings. The van der Waals surface area contributed by atoms with Gasteiger partial charge < -0.3 is 4.90 Å². The van der Waals surface area contributed by atoms with Gasteiger partial charge in [0.15, 0.2) is 0 Å². The van der Waals surface area contributed by atoms with E-state index in [0.717, 1.165) is 48.2 Å². The first-order chi connectivity index (χ1) is 17.7. The molecule has 0 bridgehead atoms. The summed E-state index contributed by atoms with van der Waals surface area (Å²) in [6.45, 7) is 10.6. The third-order valence-corrected chi connectivity index (χ3v) is 8.66. The van der Waals surface area contributed by atoms with E-state index in [1.807, 2.05) is 27.9 Å². The summed E-state index contributed by atoms with van der Waals surface area (Å²) in [4.78, 5) is 18.2. The molecular weight excluding hydrogens is 573 g/mol. The van der Waals surface area contributed by atoms with E-state index in [1.165, 1.54) is 11.1 Å². The number of rotatable bonds is 9. The van der Waals surface area contributed by atoms with E-state index in [0.29, 0.717) is 16.5 Å². The Bertz CT molecular complexity index is 1220. The fourth-order valence-corrected chi connectivity index (χ4v) is 6.03. The molecule has 1 amide bonds. The minimum Gasteiger partial charge on any atom is -0.338 e. The highest BCUT2D eigenvalue weighted by Crippen LogP contribution is 2.32. The number of likely N-dealkylation sites (N-methyl/N-ethyl adjacent to an activating group) is 1. The molecule has 198 valence electrons. The molecule has 1 aliphatic heterocycles. The van der Waals surface area contributed by atoms with Crippen molar-refractivity contribution in [2.45, 2.75) is 65.1 Å². The Morgan fingerprint density at radius 2 is 1.84 bits per heavy atom. The molecule has 0 radical (unpaired) electrons. The summed E-state index contributed by atoms with van der Waals surface area (Å²) in [5, 5.41) is 9.98. The molecular formula is C28H34BrCl2N5O. The lowest BCUT2D eigenvalue weighted by Gasteiger charge is -2.34. The van der Waals surface area contributed by atoms with Gasteiger partial charge in [-0.05, 0) is 80.7 Å². The summed E-state index contributed by atoms with van der Waals surface area (Å²) < 4.78 is 3.00. The zero-order valence-corrected chi connectivity index (χ0v) is 24.9. The van der Waals surface area contributed by atoms with Crippen molar-refractivity contribution in [1.29, 1.82) is 0 Å². The first-order valence-corrected chi connectivity index (χ1v) is 14.4. The highest BCUT2D eigenvalue weighted by molar-refractivity contribution is 9.10. The molecule has 3 aromatic rings. The first-order valence-electron chi connectivity index (χ1n) is 12.9. The van der Waals surface area contributed by atoms with Gasteiger partial charge in [0.05, 0.1) is 11.7 Å². The van der Waals surface area contributed by atoms with Gasteiger partial charge in [-0.15, -0.1) is 5.10 Å². The van der Waals surface area contributed by atoms with Crippen molar-refractivity contribution in [2.75, 3.05) is 19.6 Å². The van der Waals surface area contributed by atoms with Gasteiger partial charge >= 0.3 is 0 Å². The monoisotopic (exact) mass is 605 g/mol. The standard InChI is InChI=1S/C28H34BrCl2N5O/c1-5-34(6-2)27(21-13-22(30)15-23(31)14-21)28(37)35-11-7-8-25(35)16-24-17-36(33-32-24)19(4)20-9-10-26(29)18(3)12-20/h9-10,12-15,17,19,25,27H,5-8,11,16H2,1-4H3/t19-,25?,27?/m1/s1. The molecule has 9 heteroatoms. The largest absolute Gasteiger partial charge is 0.338 e. The maximum atomic E-state index is 14.0. The van der Waals surface area contributed by atoms with Crippen LogP contribution in [0.5, 0.6) is 0 Å². The second-order valence-corrected chi connectivity index (χ2v) is 11.5. The van der Waals surface area contributed by atoms with Crippen LogP contribution in [0.15, 0.2) is 47.1 Å². The third-order valence-electron chi connectivity index (χ3n) is 7.34. The van der Waals surface area contributed by atoms with Crippen molar-refractivity contribution < 1.29 is 4.79 Å². The SMILES string of the molecule is CCN(CC)C(C(=O)N1CCCC1Cc1cn([C@H](C)c2ccc(Br)c(C)c2)nn1)c1cc(Cl)cc(Cl)c1. The van der Waals surface area contributed by atoms with Crippen molar-refractivity contribution >= 4 is 45.0 Å². The lowest BCUT2D eigenvalue weighted by molar-refractivity contribution is -0.138. The summed E-state index contributed by atoms with van der Waals surface area (Å²) in [5.74, 6) is 0.0932. The Labute approximate surface area is 238 Å². The van der Waals surface area contributed by atoms with Crippen molar-refractivity contribution in [2.24, 2.45) is 0 Å². The lowest BCUT2D eigenvalue weighted by Crippen LogP contribution is -2.45. The zero-order valence-electron chi connectivity index (χ0n) is 21.8. The van der Waals surface area contributed by atoms with Gasteiger partial charge in [0.25, 0.3) is 0 Å². The van der Waals surface area contributed by atoms with Crippen LogP contribution in [0.1, 0.15) is 68.1 Å². The summed E-state index contributed by atoms with van der Waals surface area (Å²) >= 11 is 16.2. The first kappa shape index (κ1) is 28.1. The van der Waals surface area contributed by atoms with Gasteiger partial charge in [0.1, 0.15) is 6.04 Å². The van der Waals surface area contributed by atoms with Crippen molar-refractivity contribution in [3.63, 3.8) is 0 Å². The molecule has 2 aromatic carbocycles. The van der Waals surface area contributed by atoms with Gasteiger partial charge in [0, 0.05) is 39.7 Å². The molecule has 0 aliphatic carbocycles. The molecule has 6 nitrogen and oxygen atoms in total. The quantitative estimate of drug-likeness (QED) is 0.266. The van der Waals surface area contributed by atoms with Crippen LogP contribution < -0.4 is 0 Å². The van der Waals surface area contributed by atoms with Crippen LogP contribution in [0.4, 0.5) is 0 Å². The number of hydrogen-bond donors (Lipinski definition) is 0. The summed E-state index contributed by atoms with van der Waals surface area (Å²) in [5.41, 5.74) is 4.10. The van der Waals surface area contributed by atoms with Gasteiger partial charge in [-0.3, -0.25) is 9.69 Å². The van der Waals surface area contributed by atoms with E-state index in [1.54, 1.807) is 6.07 Å². The predicted molar refractivity (Wildman–Crippen MR) is 153 cm³/mol. The second kappa shape index (κ2) is 12.3.